The summed E-state index contributed by atoms with van der Waals surface area (Å²) in [5.41, 5.74) is 6.94. The lowest BCUT2D eigenvalue weighted by Crippen LogP contribution is -2.53. The van der Waals surface area contributed by atoms with Crippen LogP contribution >= 0.6 is 0 Å². The highest BCUT2D eigenvalue weighted by atomic mass is 19.4. The number of anilines is 1. The van der Waals surface area contributed by atoms with Crippen LogP contribution in [0, 0.1) is 5.41 Å². The fourth-order valence-electron chi connectivity index (χ4n) is 3.62. The highest BCUT2D eigenvalue weighted by Gasteiger charge is 2.43. The Bertz CT molecular complexity index is 1310. The Morgan fingerprint density at radius 3 is 2.34 bits per heavy atom. The van der Waals surface area contributed by atoms with Gasteiger partial charge in [0.15, 0.2) is 0 Å². The molecule has 0 aliphatic carbocycles. The lowest BCUT2D eigenvalue weighted by Gasteiger charge is -2.20. The first-order valence-electron chi connectivity index (χ1n) is 12.0. The molecular formula is C25H25F3N6O7. The van der Waals surface area contributed by atoms with Crippen LogP contribution in [0.1, 0.15) is 17.5 Å². The molecule has 2 aromatic carbocycles. The standard InChI is InChI=1S/C25H25F3N6O7/c26-25(27,28)22(37)41-21(36)18(33-24(39)40-13-14-4-2-1-3-5-14)12-31-23(38)32-17-10-11-34(20(17)35)16-8-6-15(7-9-16)19(29)30/h1-9,17-18H,10-13H2,(H3,29,30)(H,33,39)(H2,31,32,38)/t17?,18-/m0/s1. The van der Waals surface area contributed by atoms with E-state index in [1.807, 2.05) is 5.32 Å². The normalized spacial score (nSPS) is 15.4. The quantitative estimate of drug-likeness (QED) is 0.127. The number of nitrogens with two attached hydrogens (primary N) is 1. The van der Waals surface area contributed by atoms with Gasteiger partial charge in [0.2, 0.25) is 5.91 Å². The zero-order valence-corrected chi connectivity index (χ0v) is 21.2. The summed E-state index contributed by atoms with van der Waals surface area (Å²) in [6.45, 7) is -0.818. The molecule has 13 nitrogen and oxygen atoms in total. The van der Waals surface area contributed by atoms with E-state index in [9.17, 15) is 37.1 Å². The van der Waals surface area contributed by atoms with Crippen molar-refractivity contribution in [2.75, 3.05) is 18.0 Å². The number of carbonyl (C=O) groups excluding carboxylic acids is 5. The molecule has 3 rings (SSSR count). The van der Waals surface area contributed by atoms with Gasteiger partial charge in [-0.1, -0.05) is 30.3 Å². The van der Waals surface area contributed by atoms with Crippen LogP contribution < -0.4 is 26.6 Å². The fraction of sp³-hybridized carbons (Fsp3) is 0.280. The molecule has 1 saturated heterocycles. The number of benzene rings is 2. The van der Waals surface area contributed by atoms with E-state index < -0.39 is 54.8 Å². The SMILES string of the molecule is N=C(N)c1ccc(N2CCC(NC(=O)NC[C@H](NC(=O)OCc3ccccc3)C(=O)OC(=O)C(F)(F)F)C2=O)cc1. The van der Waals surface area contributed by atoms with Gasteiger partial charge in [0.05, 0.1) is 6.54 Å². The molecule has 41 heavy (non-hydrogen) atoms. The highest BCUT2D eigenvalue weighted by molar-refractivity contribution is 6.02. The Morgan fingerprint density at radius 1 is 1.07 bits per heavy atom. The molecule has 1 aliphatic rings. The van der Waals surface area contributed by atoms with Crippen LogP contribution in [0.15, 0.2) is 54.6 Å². The molecule has 0 spiro atoms. The van der Waals surface area contributed by atoms with Crippen molar-refractivity contribution in [3.8, 4) is 0 Å². The molecule has 16 heteroatoms. The minimum absolute atomic E-state index is 0.149. The van der Waals surface area contributed by atoms with Gasteiger partial charge in [0.25, 0.3) is 0 Å². The van der Waals surface area contributed by atoms with Crippen molar-refractivity contribution in [2.45, 2.75) is 31.3 Å². The van der Waals surface area contributed by atoms with Crippen molar-refractivity contribution in [3.05, 3.63) is 65.7 Å². The summed E-state index contributed by atoms with van der Waals surface area (Å²) < 4.78 is 46.4. The number of hydrogen-bond acceptors (Lipinski definition) is 8. The van der Waals surface area contributed by atoms with Crippen LogP contribution in [0.2, 0.25) is 0 Å². The number of urea groups is 1. The summed E-state index contributed by atoms with van der Waals surface area (Å²) in [7, 11) is 0. The number of halogens is 3. The Hall–Kier alpha value is -5.15. The maximum Gasteiger partial charge on any atom is 0.491 e. The second-order valence-corrected chi connectivity index (χ2v) is 8.61. The van der Waals surface area contributed by atoms with Gasteiger partial charge in [-0.05, 0) is 36.2 Å². The Labute approximate surface area is 230 Å². The van der Waals surface area contributed by atoms with Crippen LogP contribution in [0.3, 0.4) is 0 Å². The first-order chi connectivity index (χ1) is 19.3. The molecular weight excluding hydrogens is 553 g/mol. The van der Waals surface area contributed by atoms with Gasteiger partial charge in [-0.15, -0.1) is 0 Å². The monoisotopic (exact) mass is 578 g/mol. The minimum Gasteiger partial charge on any atom is -0.445 e. The van der Waals surface area contributed by atoms with Crippen LogP contribution in [-0.4, -0.2) is 67.2 Å². The van der Waals surface area contributed by atoms with Gasteiger partial charge in [0, 0.05) is 17.8 Å². The van der Waals surface area contributed by atoms with E-state index in [0.29, 0.717) is 16.8 Å². The van der Waals surface area contributed by atoms with Crippen LogP contribution in [0.5, 0.6) is 0 Å². The van der Waals surface area contributed by atoms with Gasteiger partial charge in [-0.3, -0.25) is 10.2 Å². The Kier molecular flexibility index (Phi) is 9.84. The number of nitrogen functional groups attached to an aromatic ring is 1. The summed E-state index contributed by atoms with van der Waals surface area (Å²) in [4.78, 5) is 62.1. The number of alkyl carbamates (subject to hydrolysis) is 1. The van der Waals surface area contributed by atoms with Gasteiger partial charge in [-0.2, -0.15) is 13.2 Å². The largest absolute Gasteiger partial charge is 0.491 e. The van der Waals surface area contributed by atoms with Crippen LogP contribution in [0.25, 0.3) is 0 Å². The third-order valence-corrected chi connectivity index (χ3v) is 5.68. The van der Waals surface area contributed by atoms with E-state index in [1.54, 1.807) is 54.6 Å². The number of esters is 2. The van der Waals surface area contributed by atoms with E-state index >= 15 is 0 Å². The van der Waals surface area contributed by atoms with Crippen LogP contribution in [0.4, 0.5) is 28.4 Å². The molecule has 0 radical (unpaired) electrons. The zero-order chi connectivity index (χ0) is 30.2. The predicted octanol–water partition coefficient (Wildman–Crippen LogP) is 1.30. The molecule has 6 N–H and O–H groups in total. The smallest absolute Gasteiger partial charge is 0.445 e. The minimum atomic E-state index is -5.49. The number of amides is 4. The fourth-order valence-corrected chi connectivity index (χ4v) is 3.62. The molecule has 0 aromatic heterocycles. The second kappa shape index (κ2) is 13.3. The van der Waals surface area contributed by atoms with Gasteiger partial charge in [-0.25, -0.2) is 19.2 Å². The number of rotatable bonds is 9. The van der Waals surface area contributed by atoms with E-state index in [2.05, 4.69) is 15.4 Å². The number of hydrogen-bond donors (Lipinski definition) is 5. The van der Waals surface area contributed by atoms with E-state index in [0.717, 1.165) is 0 Å². The second-order valence-electron chi connectivity index (χ2n) is 8.61. The number of alkyl halides is 3. The third-order valence-electron chi connectivity index (χ3n) is 5.68. The van der Waals surface area contributed by atoms with Crippen LogP contribution in [-0.2, 0) is 30.5 Å². The number of carbonyl (C=O) groups is 5. The molecule has 1 heterocycles. The molecule has 0 saturated carbocycles. The summed E-state index contributed by atoms with van der Waals surface area (Å²) in [5.74, 6) is -5.24. The third kappa shape index (κ3) is 8.67. The predicted molar refractivity (Wildman–Crippen MR) is 135 cm³/mol. The lowest BCUT2D eigenvalue weighted by molar-refractivity contribution is -0.202. The molecule has 2 aromatic rings. The molecule has 1 fully saturated rings. The maximum atomic E-state index is 12.8. The molecule has 218 valence electrons. The molecule has 2 atom stereocenters. The number of ether oxygens (including phenoxy) is 2. The molecule has 0 bridgehead atoms. The summed E-state index contributed by atoms with van der Waals surface area (Å²) >= 11 is 0. The van der Waals surface area contributed by atoms with Gasteiger partial charge < -0.3 is 36.1 Å². The van der Waals surface area contributed by atoms with Crippen molar-refractivity contribution in [3.63, 3.8) is 0 Å². The lowest BCUT2D eigenvalue weighted by atomic mass is 10.2. The van der Waals surface area contributed by atoms with E-state index in [-0.39, 0.29) is 25.4 Å². The average molecular weight is 579 g/mol. The van der Waals surface area contributed by atoms with Gasteiger partial charge >= 0.3 is 30.2 Å². The maximum absolute atomic E-state index is 12.8. The van der Waals surface area contributed by atoms with E-state index in [4.69, 9.17) is 15.9 Å². The summed E-state index contributed by atoms with van der Waals surface area (Å²) in [6.07, 6.45) is -6.52. The summed E-state index contributed by atoms with van der Waals surface area (Å²) in [6, 6.07) is 10.6. The molecule has 4 amide bonds. The van der Waals surface area contributed by atoms with Crippen molar-refractivity contribution in [2.24, 2.45) is 5.73 Å². The van der Waals surface area contributed by atoms with Crippen molar-refractivity contribution in [1.29, 1.82) is 5.41 Å². The number of nitrogens with zero attached hydrogens (tertiary/aromatic N) is 1. The summed E-state index contributed by atoms with van der Waals surface area (Å²) in [5, 5.41) is 13.9. The zero-order valence-electron chi connectivity index (χ0n) is 21.2. The number of nitrogens with one attached hydrogen (secondary N) is 4. The highest BCUT2D eigenvalue weighted by Crippen LogP contribution is 2.22. The van der Waals surface area contributed by atoms with Crippen molar-refractivity contribution < 1.29 is 46.6 Å². The molecule has 1 unspecified atom stereocenters. The first kappa shape index (κ1) is 30.4. The average Bonchev–Trinajstić information content (AvgIpc) is 3.29. The van der Waals surface area contributed by atoms with Gasteiger partial charge in [0.1, 0.15) is 24.5 Å². The Morgan fingerprint density at radius 2 is 1.73 bits per heavy atom. The molecule has 1 aliphatic heterocycles. The van der Waals surface area contributed by atoms with Crippen molar-refractivity contribution in [1.82, 2.24) is 16.0 Å². The Balaban J connectivity index is 1.58. The topological polar surface area (TPSA) is 193 Å². The van der Waals surface area contributed by atoms with E-state index in [1.165, 1.54) is 4.90 Å². The van der Waals surface area contributed by atoms with Crippen molar-refractivity contribution >= 4 is 41.5 Å². The first-order valence-corrected chi connectivity index (χ1v) is 12.0. The number of amidine groups is 1.